The maximum atomic E-state index is 12.8. The second-order valence-corrected chi connectivity index (χ2v) is 6.21. The number of hydrogen-bond donors (Lipinski definition) is 1. The van der Waals surface area contributed by atoms with Crippen LogP contribution in [0.4, 0.5) is 4.79 Å². The lowest BCUT2D eigenvalue weighted by atomic mass is 9.85. The van der Waals surface area contributed by atoms with E-state index in [2.05, 4.69) is 18.7 Å². The summed E-state index contributed by atoms with van der Waals surface area (Å²) in [6.45, 7) is 7.89. The molecular weight excluding hydrogens is 284 g/mol. The van der Waals surface area contributed by atoms with Gasteiger partial charge in [-0.05, 0) is 33.1 Å². The van der Waals surface area contributed by atoms with Crippen molar-refractivity contribution < 1.29 is 14.4 Å². The summed E-state index contributed by atoms with van der Waals surface area (Å²) in [4.78, 5) is 41.4. The van der Waals surface area contributed by atoms with E-state index >= 15 is 0 Å². The van der Waals surface area contributed by atoms with E-state index in [4.69, 9.17) is 5.73 Å². The highest BCUT2D eigenvalue weighted by molar-refractivity contribution is 6.09. The SMILES string of the molecule is CC[C@H](C)N1CCC2(CC1)C(=O)N(CC(N)=O)C(=O)N2CC. The molecule has 2 heterocycles. The van der Waals surface area contributed by atoms with Gasteiger partial charge in [-0.1, -0.05) is 6.92 Å². The van der Waals surface area contributed by atoms with Gasteiger partial charge in [0, 0.05) is 25.7 Å². The fourth-order valence-corrected chi connectivity index (χ4v) is 3.59. The average Bonchev–Trinajstić information content (AvgIpc) is 2.68. The first-order valence-electron chi connectivity index (χ1n) is 8.03. The Kier molecular flexibility index (Phi) is 4.75. The Hall–Kier alpha value is -1.63. The molecule has 7 heteroatoms. The number of rotatable bonds is 5. The maximum Gasteiger partial charge on any atom is 0.328 e. The van der Waals surface area contributed by atoms with Gasteiger partial charge in [0.2, 0.25) is 5.91 Å². The number of urea groups is 1. The Morgan fingerprint density at radius 3 is 2.32 bits per heavy atom. The number of hydrogen-bond acceptors (Lipinski definition) is 4. The van der Waals surface area contributed by atoms with Gasteiger partial charge in [-0.3, -0.25) is 14.5 Å². The normalized spacial score (nSPS) is 23.4. The molecule has 0 bridgehead atoms. The molecule has 0 saturated carbocycles. The highest BCUT2D eigenvalue weighted by Gasteiger charge is 2.57. The molecule has 2 N–H and O–H groups in total. The van der Waals surface area contributed by atoms with Crippen molar-refractivity contribution in [2.24, 2.45) is 5.73 Å². The van der Waals surface area contributed by atoms with Crippen LogP contribution in [0.25, 0.3) is 0 Å². The average molecular weight is 310 g/mol. The lowest BCUT2D eigenvalue weighted by Crippen LogP contribution is -2.57. The molecule has 124 valence electrons. The summed E-state index contributed by atoms with van der Waals surface area (Å²) in [6.07, 6.45) is 2.29. The first-order valence-corrected chi connectivity index (χ1v) is 8.03. The largest absolute Gasteiger partial charge is 0.368 e. The Morgan fingerprint density at radius 1 is 1.27 bits per heavy atom. The molecule has 4 amide bonds. The molecule has 2 aliphatic rings. The summed E-state index contributed by atoms with van der Waals surface area (Å²) in [5.41, 5.74) is 4.38. The van der Waals surface area contributed by atoms with E-state index in [1.54, 1.807) is 4.90 Å². The summed E-state index contributed by atoms with van der Waals surface area (Å²) >= 11 is 0. The summed E-state index contributed by atoms with van der Waals surface area (Å²) in [5.74, 6) is -0.922. The van der Waals surface area contributed by atoms with Crippen molar-refractivity contribution in [1.82, 2.24) is 14.7 Å². The predicted octanol–water partition coefficient (Wildman–Crippen LogP) is 0.389. The van der Waals surface area contributed by atoms with Gasteiger partial charge in [-0.2, -0.15) is 0 Å². The Labute approximate surface area is 131 Å². The second-order valence-electron chi connectivity index (χ2n) is 6.21. The Balaban J connectivity index is 2.20. The van der Waals surface area contributed by atoms with Crippen LogP contribution in [0.3, 0.4) is 0 Å². The molecule has 0 aromatic rings. The van der Waals surface area contributed by atoms with E-state index in [0.717, 1.165) is 24.4 Å². The summed E-state index contributed by atoms with van der Waals surface area (Å²) in [6, 6.07) is 0.0876. The van der Waals surface area contributed by atoms with E-state index in [1.807, 2.05) is 6.92 Å². The van der Waals surface area contributed by atoms with Gasteiger partial charge in [0.15, 0.2) is 0 Å². The van der Waals surface area contributed by atoms with E-state index < -0.39 is 11.4 Å². The summed E-state index contributed by atoms with van der Waals surface area (Å²) < 4.78 is 0. The molecule has 1 spiro atoms. The Bertz CT molecular complexity index is 471. The molecular formula is C15H26N4O3. The van der Waals surface area contributed by atoms with Gasteiger partial charge in [0.05, 0.1) is 0 Å². The van der Waals surface area contributed by atoms with Crippen molar-refractivity contribution in [3.8, 4) is 0 Å². The monoisotopic (exact) mass is 310 g/mol. The lowest BCUT2D eigenvalue weighted by molar-refractivity contribution is -0.138. The minimum absolute atomic E-state index is 0.262. The van der Waals surface area contributed by atoms with E-state index in [1.165, 1.54) is 0 Å². The van der Waals surface area contributed by atoms with Gasteiger partial charge in [-0.25, -0.2) is 4.79 Å². The molecule has 2 rings (SSSR count). The number of nitrogens with zero attached hydrogens (tertiary/aromatic N) is 3. The fraction of sp³-hybridized carbons (Fsp3) is 0.800. The number of primary amides is 1. The topological polar surface area (TPSA) is 87.0 Å². The van der Waals surface area contributed by atoms with Crippen LogP contribution in [-0.2, 0) is 9.59 Å². The van der Waals surface area contributed by atoms with Crippen LogP contribution in [0.1, 0.15) is 40.0 Å². The van der Waals surface area contributed by atoms with Gasteiger partial charge in [-0.15, -0.1) is 0 Å². The summed E-state index contributed by atoms with van der Waals surface area (Å²) in [5, 5.41) is 0. The number of carbonyl (C=O) groups is 3. The van der Waals surface area contributed by atoms with Crippen molar-refractivity contribution >= 4 is 17.8 Å². The second kappa shape index (κ2) is 6.24. The summed E-state index contributed by atoms with van der Waals surface area (Å²) in [7, 11) is 0. The minimum Gasteiger partial charge on any atom is -0.368 e. The van der Waals surface area contributed by atoms with Crippen molar-refractivity contribution in [3.05, 3.63) is 0 Å². The number of imide groups is 1. The van der Waals surface area contributed by atoms with Crippen LogP contribution in [0, 0.1) is 0 Å². The zero-order valence-corrected chi connectivity index (χ0v) is 13.7. The number of amides is 4. The molecule has 2 aliphatic heterocycles. The van der Waals surface area contributed by atoms with Crippen molar-refractivity contribution in [2.75, 3.05) is 26.2 Å². The van der Waals surface area contributed by atoms with Gasteiger partial charge in [0.1, 0.15) is 12.1 Å². The molecule has 0 radical (unpaired) electrons. The smallest absolute Gasteiger partial charge is 0.328 e. The van der Waals surface area contributed by atoms with Crippen molar-refractivity contribution in [3.63, 3.8) is 0 Å². The number of likely N-dealkylation sites (tertiary alicyclic amines) is 1. The zero-order valence-electron chi connectivity index (χ0n) is 13.7. The molecule has 2 saturated heterocycles. The predicted molar refractivity (Wildman–Crippen MR) is 82.0 cm³/mol. The zero-order chi connectivity index (χ0) is 16.5. The van der Waals surface area contributed by atoms with E-state index in [-0.39, 0.29) is 18.5 Å². The third-order valence-corrected chi connectivity index (χ3v) is 5.09. The molecule has 2 fully saturated rings. The highest BCUT2D eigenvalue weighted by Crippen LogP contribution is 2.37. The molecule has 0 aliphatic carbocycles. The van der Waals surface area contributed by atoms with Gasteiger partial charge in [0.25, 0.3) is 5.91 Å². The molecule has 1 atom stereocenters. The van der Waals surface area contributed by atoms with E-state index in [9.17, 15) is 14.4 Å². The molecule has 0 aromatic heterocycles. The standard InChI is InChI=1S/C15H26N4O3/c1-4-11(3)17-8-6-15(7-9-17)13(21)18(10-12(16)20)14(22)19(15)5-2/h11H,4-10H2,1-3H3,(H2,16,20)/t11-/m0/s1. The number of likely N-dealkylation sites (N-methyl/N-ethyl adjacent to an activating group) is 1. The third-order valence-electron chi connectivity index (χ3n) is 5.09. The molecule has 22 heavy (non-hydrogen) atoms. The lowest BCUT2D eigenvalue weighted by Gasteiger charge is -2.43. The molecule has 7 nitrogen and oxygen atoms in total. The first kappa shape index (κ1) is 16.7. The van der Waals surface area contributed by atoms with Crippen molar-refractivity contribution in [2.45, 2.75) is 51.6 Å². The fourth-order valence-electron chi connectivity index (χ4n) is 3.59. The number of piperidine rings is 1. The number of nitrogens with two attached hydrogens (primary N) is 1. The highest BCUT2D eigenvalue weighted by atomic mass is 16.2. The Morgan fingerprint density at radius 2 is 1.86 bits per heavy atom. The van der Waals surface area contributed by atoms with Gasteiger partial charge < -0.3 is 15.5 Å². The van der Waals surface area contributed by atoms with E-state index in [0.29, 0.717) is 25.4 Å². The van der Waals surface area contributed by atoms with Crippen LogP contribution >= 0.6 is 0 Å². The third kappa shape index (κ3) is 2.58. The van der Waals surface area contributed by atoms with Gasteiger partial charge >= 0.3 is 6.03 Å². The van der Waals surface area contributed by atoms with Crippen LogP contribution < -0.4 is 5.73 Å². The van der Waals surface area contributed by atoms with Crippen LogP contribution in [0.2, 0.25) is 0 Å². The molecule has 0 unspecified atom stereocenters. The maximum absolute atomic E-state index is 12.8. The van der Waals surface area contributed by atoms with Crippen LogP contribution in [0.15, 0.2) is 0 Å². The van der Waals surface area contributed by atoms with Crippen LogP contribution in [-0.4, -0.2) is 70.3 Å². The van der Waals surface area contributed by atoms with Crippen LogP contribution in [0.5, 0.6) is 0 Å². The quantitative estimate of drug-likeness (QED) is 0.744. The first-order chi connectivity index (χ1) is 10.4. The van der Waals surface area contributed by atoms with Crippen molar-refractivity contribution in [1.29, 1.82) is 0 Å². The molecule has 0 aromatic carbocycles. The minimum atomic E-state index is -0.786. The number of carbonyl (C=O) groups excluding carboxylic acids is 3.